The average Bonchev–Trinajstić information content (AvgIpc) is 3.25. The van der Waals surface area contributed by atoms with Crippen molar-refractivity contribution >= 4 is 17.0 Å². The molecule has 0 radical (unpaired) electrons. The van der Waals surface area contributed by atoms with Crippen LogP contribution >= 0.6 is 0 Å². The number of anilines is 1. The van der Waals surface area contributed by atoms with Crippen molar-refractivity contribution in [1.82, 2.24) is 19.5 Å². The molecule has 0 amide bonds. The second-order valence-corrected chi connectivity index (χ2v) is 6.06. The summed E-state index contributed by atoms with van der Waals surface area (Å²) in [4.78, 5) is 14.9. The summed E-state index contributed by atoms with van der Waals surface area (Å²) >= 11 is 0. The van der Waals surface area contributed by atoms with E-state index in [0.29, 0.717) is 30.5 Å². The third kappa shape index (κ3) is 2.30. The molecule has 1 saturated carbocycles. The van der Waals surface area contributed by atoms with Gasteiger partial charge in [0, 0.05) is 19.1 Å². The normalized spacial score (nSPS) is 20.8. The second kappa shape index (κ2) is 4.82. The van der Waals surface area contributed by atoms with Crippen molar-refractivity contribution < 1.29 is 13.2 Å². The Hall–Kier alpha value is -1.86. The van der Waals surface area contributed by atoms with Gasteiger partial charge >= 0.3 is 6.18 Å². The van der Waals surface area contributed by atoms with Gasteiger partial charge in [0.2, 0.25) is 0 Å². The molecule has 1 saturated heterocycles. The minimum atomic E-state index is -4.10. The van der Waals surface area contributed by atoms with Crippen LogP contribution in [0.25, 0.3) is 11.2 Å². The van der Waals surface area contributed by atoms with Gasteiger partial charge in [-0.2, -0.15) is 13.2 Å². The maximum absolute atomic E-state index is 12.8. The SMILES string of the molecule is FC(F)(F)C1CCN(c2ncnc3c2ncn3C2CC2)CC1. The van der Waals surface area contributed by atoms with Crippen LogP contribution in [-0.2, 0) is 0 Å². The fraction of sp³-hybridized carbons (Fsp3) is 0.643. The maximum atomic E-state index is 12.8. The molecule has 4 rings (SSSR count). The Morgan fingerprint density at radius 2 is 1.73 bits per heavy atom. The van der Waals surface area contributed by atoms with Gasteiger partial charge in [-0.1, -0.05) is 0 Å². The number of imidazole rings is 1. The van der Waals surface area contributed by atoms with Gasteiger partial charge in [0.1, 0.15) is 6.33 Å². The predicted octanol–water partition coefficient (Wildman–Crippen LogP) is 2.94. The van der Waals surface area contributed by atoms with E-state index in [1.54, 1.807) is 6.33 Å². The molecule has 118 valence electrons. The van der Waals surface area contributed by atoms with Crippen molar-refractivity contribution in [3.05, 3.63) is 12.7 Å². The molecule has 2 aromatic heterocycles. The number of halogens is 3. The van der Waals surface area contributed by atoms with Crippen molar-refractivity contribution in [1.29, 1.82) is 0 Å². The monoisotopic (exact) mass is 311 g/mol. The summed E-state index contributed by atoms with van der Waals surface area (Å²) in [6.45, 7) is 0.707. The molecule has 0 atom stereocenters. The fourth-order valence-corrected chi connectivity index (χ4v) is 3.11. The highest BCUT2D eigenvalue weighted by Crippen LogP contribution is 2.39. The Morgan fingerprint density at radius 1 is 1.00 bits per heavy atom. The summed E-state index contributed by atoms with van der Waals surface area (Å²) in [5.74, 6) is -0.546. The Kier molecular flexibility index (Phi) is 3.02. The van der Waals surface area contributed by atoms with E-state index in [1.807, 2.05) is 9.47 Å². The highest BCUT2D eigenvalue weighted by Gasteiger charge is 2.41. The van der Waals surface area contributed by atoms with E-state index in [2.05, 4.69) is 15.0 Å². The number of fused-ring (bicyclic) bond motifs is 1. The number of alkyl halides is 3. The molecule has 22 heavy (non-hydrogen) atoms. The first-order valence-electron chi connectivity index (χ1n) is 7.53. The van der Waals surface area contributed by atoms with Crippen molar-refractivity contribution in [3.8, 4) is 0 Å². The predicted molar refractivity (Wildman–Crippen MR) is 74.6 cm³/mol. The third-order valence-corrected chi connectivity index (χ3v) is 4.54. The number of hydrogen-bond acceptors (Lipinski definition) is 4. The van der Waals surface area contributed by atoms with Crippen molar-refractivity contribution in [2.45, 2.75) is 37.9 Å². The highest BCUT2D eigenvalue weighted by atomic mass is 19.4. The van der Waals surface area contributed by atoms with Gasteiger partial charge in [0.05, 0.1) is 12.2 Å². The summed E-state index contributed by atoms with van der Waals surface area (Å²) in [6, 6.07) is 0.462. The fourth-order valence-electron chi connectivity index (χ4n) is 3.11. The topological polar surface area (TPSA) is 46.8 Å². The maximum Gasteiger partial charge on any atom is 0.391 e. The number of rotatable bonds is 2. The molecule has 0 bridgehead atoms. The zero-order valence-corrected chi connectivity index (χ0v) is 11.9. The van der Waals surface area contributed by atoms with Crippen LogP contribution in [0.3, 0.4) is 0 Å². The number of aromatic nitrogens is 4. The molecule has 0 spiro atoms. The van der Waals surface area contributed by atoms with E-state index >= 15 is 0 Å². The number of piperidine rings is 1. The lowest BCUT2D eigenvalue weighted by Crippen LogP contribution is -2.39. The van der Waals surface area contributed by atoms with Crippen LogP contribution in [-0.4, -0.2) is 38.8 Å². The first kappa shape index (κ1) is 13.8. The molecule has 2 fully saturated rings. The minimum Gasteiger partial charge on any atom is -0.355 e. The summed E-state index contributed by atoms with van der Waals surface area (Å²) in [6.07, 6.45) is 1.62. The standard InChI is InChI=1S/C14H16F3N5/c15-14(16,17)9-3-5-21(6-4-9)12-11-13(19-7-18-12)22(8-20-11)10-1-2-10/h7-10H,1-6H2. The summed E-state index contributed by atoms with van der Waals surface area (Å²) in [5, 5.41) is 0. The Morgan fingerprint density at radius 3 is 2.36 bits per heavy atom. The van der Waals surface area contributed by atoms with Crippen LogP contribution in [0.1, 0.15) is 31.7 Å². The number of hydrogen-bond donors (Lipinski definition) is 0. The molecule has 3 heterocycles. The van der Waals surface area contributed by atoms with Crippen LogP contribution in [0.4, 0.5) is 19.0 Å². The van der Waals surface area contributed by atoms with Gasteiger partial charge in [-0.15, -0.1) is 0 Å². The molecule has 0 unspecified atom stereocenters. The Balaban J connectivity index is 1.60. The first-order chi connectivity index (χ1) is 10.5. The zero-order valence-electron chi connectivity index (χ0n) is 11.9. The van der Waals surface area contributed by atoms with E-state index in [1.165, 1.54) is 6.33 Å². The third-order valence-electron chi connectivity index (χ3n) is 4.54. The number of nitrogens with zero attached hydrogens (tertiary/aromatic N) is 5. The van der Waals surface area contributed by atoms with Gasteiger partial charge in [-0.05, 0) is 25.7 Å². The van der Waals surface area contributed by atoms with Gasteiger partial charge in [-0.3, -0.25) is 0 Å². The van der Waals surface area contributed by atoms with Crippen LogP contribution in [0.2, 0.25) is 0 Å². The minimum absolute atomic E-state index is 0.109. The summed E-state index contributed by atoms with van der Waals surface area (Å²) in [7, 11) is 0. The summed E-state index contributed by atoms with van der Waals surface area (Å²) < 4.78 is 40.3. The van der Waals surface area contributed by atoms with E-state index in [4.69, 9.17) is 0 Å². The summed E-state index contributed by atoms with van der Waals surface area (Å²) in [5.41, 5.74) is 1.48. The van der Waals surface area contributed by atoms with E-state index < -0.39 is 12.1 Å². The molecule has 8 heteroatoms. The Labute approximate surface area is 125 Å². The molecule has 5 nitrogen and oxygen atoms in total. The average molecular weight is 311 g/mol. The highest BCUT2D eigenvalue weighted by molar-refractivity contribution is 5.83. The molecule has 0 aromatic carbocycles. The molecular formula is C14H16F3N5. The van der Waals surface area contributed by atoms with E-state index in [0.717, 1.165) is 18.5 Å². The van der Waals surface area contributed by atoms with Gasteiger partial charge in [0.15, 0.2) is 17.0 Å². The van der Waals surface area contributed by atoms with Crippen molar-refractivity contribution in [2.75, 3.05) is 18.0 Å². The Bertz CT molecular complexity index is 683. The molecule has 1 aliphatic carbocycles. The van der Waals surface area contributed by atoms with Gasteiger partial charge in [-0.25, -0.2) is 15.0 Å². The molecule has 2 aliphatic rings. The molecular weight excluding hydrogens is 295 g/mol. The quantitative estimate of drug-likeness (QED) is 0.855. The van der Waals surface area contributed by atoms with E-state index in [9.17, 15) is 13.2 Å². The lowest BCUT2D eigenvalue weighted by molar-refractivity contribution is -0.179. The molecule has 1 aliphatic heterocycles. The first-order valence-corrected chi connectivity index (χ1v) is 7.53. The van der Waals surface area contributed by atoms with E-state index in [-0.39, 0.29) is 12.8 Å². The largest absolute Gasteiger partial charge is 0.391 e. The second-order valence-electron chi connectivity index (χ2n) is 6.06. The lowest BCUT2D eigenvalue weighted by Gasteiger charge is -2.33. The van der Waals surface area contributed by atoms with Crippen molar-refractivity contribution in [2.24, 2.45) is 5.92 Å². The van der Waals surface area contributed by atoms with Crippen LogP contribution < -0.4 is 4.90 Å². The smallest absolute Gasteiger partial charge is 0.355 e. The van der Waals surface area contributed by atoms with Crippen LogP contribution in [0, 0.1) is 5.92 Å². The zero-order chi connectivity index (χ0) is 15.3. The van der Waals surface area contributed by atoms with Gasteiger partial charge < -0.3 is 9.47 Å². The van der Waals surface area contributed by atoms with Crippen molar-refractivity contribution in [3.63, 3.8) is 0 Å². The lowest BCUT2D eigenvalue weighted by atomic mass is 9.96. The van der Waals surface area contributed by atoms with Crippen LogP contribution in [0.15, 0.2) is 12.7 Å². The molecule has 2 aromatic rings. The van der Waals surface area contributed by atoms with Gasteiger partial charge in [0.25, 0.3) is 0 Å². The van der Waals surface area contributed by atoms with Crippen LogP contribution in [0.5, 0.6) is 0 Å². The molecule has 0 N–H and O–H groups in total.